The van der Waals surface area contributed by atoms with Gasteiger partial charge in [-0.2, -0.15) is 0 Å². The first-order valence-corrected chi connectivity index (χ1v) is 11.5. The van der Waals surface area contributed by atoms with Crippen molar-refractivity contribution < 1.29 is 14.4 Å². The van der Waals surface area contributed by atoms with Gasteiger partial charge in [0.1, 0.15) is 0 Å². The summed E-state index contributed by atoms with van der Waals surface area (Å²) in [5, 5.41) is 10.7. The van der Waals surface area contributed by atoms with Gasteiger partial charge in [0.25, 0.3) is 11.8 Å². The molecule has 1 unspecified atom stereocenters. The van der Waals surface area contributed by atoms with E-state index in [1.807, 2.05) is 79.7 Å². The highest BCUT2D eigenvalue weighted by atomic mass is 16.2. The zero-order chi connectivity index (χ0) is 24.6. The topological polar surface area (TPSA) is 87.3 Å². The predicted molar refractivity (Wildman–Crippen MR) is 138 cm³/mol. The van der Waals surface area contributed by atoms with E-state index in [-0.39, 0.29) is 36.7 Å². The van der Waals surface area contributed by atoms with Crippen LogP contribution in [0.5, 0.6) is 0 Å². The SMILES string of the molecule is CC(NC(=O)CCNC(=O)c1ccc2ccccc2c1)c1cccc(NC(=O)c2ccccc2)c1. The van der Waals surface area contributed by atoms with Crippen LogP contribution in [0.3, 0.4) is 0 Å². The fraction of sp³-hybridized carbons (Fsp3) is 0.138. The Morgan fingerprint density at radius 2 is 1.46 bits per heavy atom. The van der Waals surface area contributed by atoms with Crippen LogP contribution in [0.2, 0.25) is 0 Å². The van der Waals surface area contributed by atoms with Crippen LogP contribution in [0.15, 0.2) is 97.1 Å². The number of benzene rings is 4. The van der Waals surface area contributed by atoms with Gasteiger partial charge < -0.3 is 16.0 Å². The van der Waals surface area contributed by atoms with Crippen LogP contribution < -0.4 is 16.0 Å². The van der Waals surface area contributed by atoms with E-state index in [4.69, 9.17) is 0 Å². The minimum absolute atomic E-state index is 0.161. The van der Waals surface area contributed by atoms with Crippen LogP contribution in [0.4, 0.5) is 5.69 Å². The van der Waals surface area contributed by atoms with Crippen LogP contribution in [-0.2, 0) is 4.79 Å². The first-order valence-electron chi connectivity index (χ1n) is 11.5. The van der Waals surface area contributed by atoms with E-state index in [9.17, 15) is 14.4 Å². The number of rotatable bonds is 8. The molecule has 176 valence electrons. The van der Waals surface area contributed by atoms with E-state index < -0.39 is 0 Å². The van der Waals surface area contributed by atoms with Gasteiger partial charge in [0.15, 0.2) is 0 Å². The molecule has 4 aromatic carbocycles. The molecule has 0 aromatic heterocycles. The van der Waals surface area contributed by atoms with Crippen molar-refractivity contribution >= 4 is 34.2 Å². The third-order valence-electron chi connectivity index (χ3n) is 5.71. The Labute approximate surface area is 204 Å². The average molecular weight is 466 g/mol. The Morgan fingerprint density at radius 3 is 2.26 bits per heavy atom. The van der Waals surface area contributed by atoms with Crippen molar-refractivity contribution in [3.63, 3.8) is 0 Å². The molecule has 3 amide bonds. The highest BCUT2D eigenvalue weighted by molar-refractivity contribution is 6.04. The second kappa shape index (κ2) is 11.1. The van der Waals surface area contributed by atoms with Crippen LogP contribution in [0, 0.1) is 0 Å². The van der Waals surface area contributed by atoms with Gasteiger partial charge in [-0.05, 0) is 59.7 Å². The molecule has 0 fully saturated rings. The van der Waals surface area contributed by atoms with Crippen molar-refractivity contribution in [3.05, 3.63) is 114 Å². The summed E-state index contributed by atoms with van der Waals surface area (Å²) in [5.41, 5.74) is 2.65. The molecular formula is C29H27N3O3. The number of hydrogen-bond donors (Lipinski definition) is 3. The summed E-state index contributed by atoms with van der Waals surface area (Å²) < 4.78 is 0. The normalized spacial score (nSPS) is 11.5. The Bertz CT molecular complexity index is 1350. The molecule has 6 nitrogen and oxygen atoms in total. The third kappa shape index (κ3) is 6.32. The highest BCUT2D eigenvalue weighted by Crippen LogP contribution is 2.19. The molecule has 0 aliphatic heterocycles. The lowest BCUT2D eigenvalue weighted by Crippen LogP contribution is -2.32. The number of carbonyl (C=O) groups excluding carboxylic acids is 3. The molecule has 0 spiro atoms. The van der Waals surface area contributed by atoms with E-state index in [1.165, 1.54) is 0 Å². The van der Waals surface area contributed by atoms with Crippen molar-refractivity contribution in [3.8, 4) is 0 Å². The first-order chi connectivity index (χ1) is 17.0. The zero-order valence-electron chi connectivity index (χ0n) is 19.5. The van der Waals surface area contributed by atoms with E-state index >= 15 is 0 Å². The minimum atomic E-state index is -0.257. The van der Waals surface area contributed by atoms with Crippen LogP contribution in [-0.4, -0.2) is 24.3 Å². The molecule has 0 saturated carbocycles. The fourth-order valence-corrected chi connectivity index (χ4v) is 3.80. The van der Waals surface area contributed by atoms with Gasteiger partial charge in [-0.3, -0.25) is 14.4 Å². The average Bonchev–Trinajstić information content (AvgIpc) is 2.89. The first kappa shape index (κ1) is 23.7. The molecule has 3 N–H and O–H groups in total. The van der Waals surface area contributed by atoms with E-state index in [1.54, 1.807) is 24.3 Å². The van der Waals surface area contributed by atoms with Gasteiger partial charge in [-0.1, -0.05) is 60.7 Å². The van der Waals surface area contributed by atoms with Crippen molar-refractivity contribution in [2.75, 3.05) is 11.9 Å². The molecule has 0 radical (unpaired) electrons. The molecule has 0 aliphatic carbocycles. The molecule has 0 aliphatic rings. The van der Waals surface area contributed by atoms with Gasteiger partial charge in [-0.25, -0.2) is 0 Å². The summed E-state index contributed by atoms with van der Waals surface area (Å²) in [7, 11) is 0. The van der Waals surface area contributed by atoms with Crippen molar-refractivity contribution in [2.45, 2.75) is 19.4 Å². The highest BCUT2D eigenvalue weighted by Gasteiger charge is 2.12. The zero-order valence-corrected chi connectivity index (χ0v) is 19.5. The Balaban J connectivity index is 1.27. The number of amides is 3. The molecule has 35 heavy (non-hydrogen) atoms. The van der Waals surface area contributed by atoms with Gasteiger partial charge in [0.05, 0.1) is 6.04 Å². The van der Waals surface area contributed by atoms with Crippen molar-refractivity contribution in [1.29, 1.82) is 0 Å². The maximum atomic E-state index is 12.5. The lowest BCUT2D eigenvalue weighted by atomic mass is 10.1. The van der Waals surface area contributed by atoms with E-state index in [2.05, 4.69) is 16.0 Å². The lowest BCUT2D eigenvalue weighted by Gasteiger charge is -2.16. The summed E-state index contributed by atoms with van der Waals surface area (Å²) in [6.07, 6.45) is 0.161. The van der Waals surface area contributed by atoms with Gasteiger partial charge in [0.2, 0.25) is 5.91 Å². The molecule has 0 saturated heterocycles. The quantitative estimate of drug-likeness (QED) is 0.339. The maximum absolute atomic E-state index is 12.5. The molecule has 1 atom stereocenters. The molecule has 0 heterocycles. The molecule has 0 bridgehead atoms. The van der Waals surface area contributed by atoms with Crippen molar-refractivity contribution in [1.82, 2.24) is 10.6 Å². The number of anilines is 1. The maximum Gasteiger partial charge on any atom is 0.255 e. The van der Waals surface area contributed by atoms with E-state index in [0.717, 1.165) is 16.3 Å². The smallest absolute Gasteiger partial charge is 0.255 e. The third-order valence-corrected chi connectivity index (χ3v) is 5.71. The largest absolute Gasteiger partial charge is 0.352 e. The van der Waals surface area contributed by atoms with Crippen LogP contribution >= 0.6 is 0 Å². The number of fused-ring (bicyclic) bond motifs is 1. The standard InChI is InChI=1S/C29H27N3O3/c1-20(23-12-7-13-26(19-23)32-29(35)22-9-3-2-4-10-22)31-27(33)16-17-30-28(34)25-15-14-21-8-5-6-11-24(21)18-25/h2-15,18-20H,16-17H2,1H3,(H,30,34)(H,31,33)(H,32,35). The number of hydrogen-bond acceptors (Lipinski definition) is 3. The van der Waals surface area contributed by atoms with E-state index in [0.29, 0.717) is 16.8 Å². The fourth-order valence-electron chi connectivity index (χ4n) is 3.80. The summed E-state index contributed by atoms with van der Waals surface area (Å²) in [5.74, 6) is -0.574. The number of nitrogens with one attached hydrogen (secondary N) is 3. The number of carbonyl (C=O) groups is 3. The monoisotopic (exact) mass is 465 g/mol. The Morgan fingerprint density at radius 1 is 0.714 bits per heavy atom. The van der Waals surface area contributed by atoms with Gasteiger partial charge >= 0.3 is 0 Å². The molecular weight excluding hydrogens is 438 g/mol. The minimum Gasteiger partial charge on any atom is -0.352 e. The lowest BCUT2D eigenvalue weighted by molar-refractivity contribution is -0.121. The van der Waals surface area contributed by atoms with Gasteiger partial charge in [-0.15, -0.1) is 0 Å². The summed E-state index contributed by atoms with van der Waals surface area (Å²) >= 11 is 0. The summed E-state index contributed by atoms with van der Waals surface area (Å²) in [6.45, 7) is 2.11. The molecule has 4 aromatic rings. The molecule has 6 heteroatoms. The Kier molecular flexibility index (Phi) is 7.53. The summed E-state index contributed by atoms with van der Waals surface area (Å²) in [6, 6.07) is 29.5. The van der Waals surface area contributed by atoms with Gasteiger partial charge in [0, 0.05) is 29.8 Å². The predicted octanol–water partition coefficient (Wildman–Crippen LogP) is 5.09. The second-order valence-electron chi connectivity index (χ2n) is 8.30. The van der Waals surface area contributed by atoms with Crippen molar-refractivity contribution in [2.24, 2.45) is 0 Å². The van der Waals surface area contributed by atoms with Crippen LogP contribution in [0.1, 0.15) is 45.7 Å². The Hall–Kier alpha value is -4.45. The summed E-state index contributed by atoms with van der Waals surface area (Å²) in [4.78, 5) is 37.3. The molecule has 4 rings (SSSR count). The van der Waals surface area contributed by atoms with Crippen LogP contribution in [0.25, 0.3) is 10.8 Å². The second-order valence-corrected chi connectivity index (χ2v) is 8.30.